The first-order valence-electron chi connectivity index (χ1n) is 6.05. The van der Waals surface area contributed by atoms with Gasteiger partial charge in [-0.25, -0.2) is 0 Å². The van der Waals surface area contributed by atoms with E-state index < -0.39 is 0 Å². The molecule has 1 heterocycles. The molecular weight excluding hydrogens is 298 g/mol. The number of nitrogens with one attached hydrogen (secondary N) is 2. The number of rotatable bonds is 4. The summed E-state index contributed by atoms with van der Waals surface area (Å²) in [4.78, 5) is 10.3. The van der Waals surface area contributed by atoms with Crippen LogP contribution in [0.15, 0.2) is 22.7 Å². The normalized spacial score (nSPS) is 19.5. The van der Waals surface area contributed by atoms with Crippen LogP contribution in [-0.4, -0.2) is 24.6 Å². The maximum Gasteiger partial charge on any atom is 0.283 e. The van der Waals surface area contributed by atoms with Crippen molar-refractivity contribution in [1.29, 1.82) is 0 Å². The van der Waals surface area contributed by atoms with Crippen LogP contribution < -0.4 is 10.6 Å². The van der Waals surface area contributed by atoms with E-state index in [0.29, 0.717) is 10.4 Å². The third kappa shape index (κ3) is 3.43. The molecule has 98 valence electrons. The molecule has 2 rings (SSSR count). The van der Waals surface area contributed by atoms with E-state index in [0.717, 1.165) is 25.3 Å². The Bertz CT molecular complexity index is 433. The molecule has 0 bridgehead atoms. The minimum Gasteiger partial charge on any atom is -0.385 e. The van der Waals surface area contributed by atoms with Gasteiger partial charge in [0, 0.05) is 18.3 Å². The zero-order chi connectivity index (χ0) is 13.0. The summed E-state index contributed by atoms with van der Waals surface area (Å²) < 4.78 is 0.513. The van der Waals surface area contributed by atoms with E-state index in [4.69, 9.17) is 0 Å². The van der Waals surface area contributed by atoms with Gasteiger partial charge >= 0.3 is 0 Å². The summed E-state index contributed by atoms with van der Waals surface area (Å²) in [7, 11) is 0. The van der Waals surface area contributed by atoms with Crippen LogP contribution in [0, 0.1) is 16.0 Å². The summed E-state index contributed by atoms with van der Waals surface area (Å²) in [6, 6.07) is 5.03. The predicted octanol–water partition coefficient (Wildman–Crippen LogP) is 2.77. The zero-order valence-corrected chi connectivity index (χ0v) is 11.6. The van der Waals surface area contributed by atoms with Crippen LogP contribution in [-0.2, 0) is 0 Å². The van der Waals surface area contributed by atoms with Crippen molar-refractivity contribution in [3.63, 3.8) is 0 Å². The van der Waals surface area contributed by atoms with Crippen molar-refractivity contribution in [2.75, 3.05) is 25.0 Å². The molecule has 0 aliphatic carbocycles. The summed E-state index contributed by atoms with van der Waals surface area (Å²) in [6.45, 7) is 3.05. The molecule has 0 saturated carbocycles. The summed E-state index contributed by atoms with van der Waals surface area (Å²) in [5.74, 6) is 0.632. The van der Waals surface area contributed by atoms with Gasteiger partial charge in [0.25, 0.3) is 5.69 Å². The van der Waals surface area contributed by atoms with E-state index in [1.165, 1.54) is 18.9 Å². The Hall–Kier alpha value is -1.14. The quantitative estimate of drug-likeness (QED) is 0.662. The highest BCUT2D eigenvalue weighted by molar-refractivity contribution is 9.10. The molecule has 0 spiro atoms. The molecule has 0 radical (unpaired) electrons. The molecule has 1 saturated heterocycles. The molecule has 6 heteroatoms. The Labute approximate surface area is 114 Å². The van der Waals surface area contributed by atoms with E-state index in [1.54, 1.807) is 12.1 Å². The number of nitro groups is 1. The highest BCUT2D eigenvalue weighted by atomic mass is 79.9. The smallest absolute Gasteiger partial charge is 0.283 e. The van der Waals surface area contributed by atoms with Gasteiger partial charge in [-0.2, -0.15) is 0 Å². The maximum atomic E-state index is 10.7. The van der Waals surface area contributed by atoms with Gasteiger partial charge in [-0.3, -0.25) is 10.1 Å². The first kappa shape index (κ1) is 13.3. The van der Waals surface area contributed by atoms with Gasteiger partial charge in [0.2, 0.25) is 0 Å². The largest absolute Gasteiger partial charge is 0.385 e. The van der Waals surface area contributed by atoms with Gasteiger partial charge in [0.15, 0.2) is 0 Å². The lowest BCUT2D eigenvalue weighted by atomic mass is 10.00. The molecule has 5 nitrogen and oxygen atoms in total. The second-order valence-electron chi connectivity index (χ2n) is 4.52. The lowest BCUT2D eigenvalue weighted by molar-refractivity contribution is -0.385. The third-order valence-electron chi connectivity index (χ3n) is 3.14. The average Bonchev–Trinajstić information content (AvgIpc) is 2.37. The van der Waals surface area contributed by atoms with E-state index in [9.17, 15) is 10.1 Å². The van der Waals surface area contributed by atoms with Crippen molar-refractivity contribution >= 4 is 27.3 Å². The molecule has 2 N–H and O–H groups in total. The van der Waals surface area contributed by atoms with Crippen molar-refractivity contribution in [3.8, 4) is 0 Å². The molecule has 0 aromatic heterocycles. The zero-order valence-electron chi connectivity index (χ0n) is 9.99. The highest BCUT2D eigenvalue weighted by Crippen LogP contribution is 2.27. The molecule has 1 atom stereocenters. The number of hydrogen-bond donors (Lipinski definition) is 2. The summed E-state index contributed by atoms with van der Waals surface area (Å²) in [5, 5.41) is 17.4. The molecule has 18 heavy (non-hydrogen) atoms. The average molecular weight is 314 g/mol. The van der Waals surface area contributed by atoms with Crippen LogP contribution in [0.4, 0.5) is 11.4 Å². The van der Waals surface area contributed by atoms with E-state index in [2.05, 4.69) is 26.6 Å². The Morgan fingerprint density at radius 2 is 2.39 bits per heavy atom. The predicted molar refractivity (Wildman–Crippen MR) is 74.9 cm³/mol. The SMILES string of the molecule is O=[N+]([O-])c1ccc(NCC2CCCNC2)cc1Br. The van der Waals surface area contributed by atoms with E-state index >= 15 is 0 Å². The van der Waals surface area contributed by atoms with E-state index in [1.807, 2.05) is 0 Å². The number of nitro benzene ring substituents is 1. The Morgan fingerprint density at radius 3 is 3.00 bits per heavy atom. The first-order chi connectivity index (χ1) is 8.66. The molecular formula is C12H16BrN3O2. The van der Waals surface area contributed by atoms with Crippen LogP contribution in [0.5, 0.6) is 0 Å². The molecule has 1 aliphatic rings. The van der Waals surface area contributed by atoms with Crippen molar-refractivity contribution in [3.05, 3.63) is 32.8 Å². The standard InChI is InChI=1S/C12H16BrN3O2/c13-11-6-10(3-4-12(11)16(17)18)15-8-9-2-1-5-14-7-9/h3-4,6,9,14-15H,1-2,5,7-8H2. The van der Waals surface area contributed by atoms with Gasteiger partial charge in [-0.05, 0) is 59.9 Å². The first-order valence-corrected chi connectivity index (χ1v) is 6.84. The fraction of sp³-hybridized carbons (Fsp3) is 0.500. The van der Waals surface area contributed by atoms with Gasteiger partial charge in [0.05, 0.1) is 9.40 Å². The second-order valence-corrected chi connectivity index (χ2v) is 5.37. The van der Waals surface area contributed by atoms with Crippen molar-refractivity contribution in [2.24, 2.45) is 5.92 Å². The lowest BCUT2D eigenvalue weighted by Gasteiger charge is -2.23. The Balaban J connectivity index is 1.93. The molecule has 0 amide bonds. The van der Waals surface area contributed by atoms with E-state index in [-0.39, 0.29) is 10.6 Å². The molecule has 1 unspecified atom stereocenters. The van der Waals surface area contributed by atoms with Gasteiger partial charge < -0.3 is 10.6 Å². The topological polar surface area (TPSA) is 67.2 Å². The van der Waals surface area contributed by atoms with Crippen molar-refractivity contribution in [2.45, 2.75) is 12.8 Å². The molecule has 1 fully saturated rings. The lowest BCUT2D eigenvalue weighted by Crippen LogP contribution is -2.33. The second kappa shape index (κ2) is 6.15. The number of nitrogens with zero attached hydrogens (tertiary/aromatic N) is 1. The number of anilines is 1. The van der Waals surface area contributed by atoms with Crippen LogP contribution in [0.25, 0.3) is 0 Å². The molecule has 1 aromatic rings. The number of halogens is 1. The fourth-order valence-electron chi connectivity index (χ4n) is 2.13. The Morgan fingerprint density at radius 1 is 1.56 bits per heavy atom. The van der Waals surface area contributed by atoms with Gasteiger partial charge in [-0.1, -0.05) is 0 Å². The van der Waals surface area contributed by atoms with Crippen molar-refractivity contribution < 1.29 is 4.92 Å². The van der Waals surface area contributed by atoms with Gasteiger partial charge in [0.1, 0.15) is 0 Å². The highest BCUT2D eigenvalue weighted by Gasteiger charge is 2.14. The number of benzene rings is 1. The van der Waals surface area contributed by atoms with Crippen LogP contribution >= 0.6 is 15.9 Å². The van der Waals surface area contributed by atoms with Crippen molar-refractivity contribution in [1.82, 2.24) is 5.32 Å². The van der Waals surface area contributed by atoms with Gasteiger partial charge in [-0.15, -0.1) is 0 Å². The molecule has 1 aromatic carbocycles. The summed E-state index contributed by atoms with van der Waals surface area (Å²) in [5.41, 5.74) is 1.01. The maximum absolute atomic E-state index is 10.7. The molecule has 1 aliphatic heterocycles. The minimum atomic E-state index is -0.390. The van der Waals surface area contributed by atoms with Crippen LogP contribution in [0.2, 0.25) is 0 Å². The minimum absolute atomic E-state index is 0.0971. The third-order valence-corrected chi connectivity index (χ3v) is 3.77. The van der Waals surface area contributed by atoms with Crippen LogP contribution in [0.3, 0.4) is 0 Å². The summed E-state index contributed by atoms with van der Waals surface area (Å²) >= 11 is 3.22. The van der Waals surface area contributed by atoms with Crippen LogP contribution in [0.1, 0.15) is 12.8 Å². The fourth-order valence-corrected chi connectivity index (χ4v) is 2.65. The number of piperidine rings is 1. The number of hydrogen-bond acceptors (Lipinski definition) is 4. The summed E-state index contributed by atoms with van der Waals surface area (Å²) in [6.07, 6.45) is 2.45. The monoisotopic (exact) mass is 313 g/mol. The Kier molecular flexibility index (Phi) is 4.54.